The van der Waals surface area contributed by atoms with Gasteiger partial charge in [-0.25, -0.2) is 4.79 Å². The van der Waals surface area contributed by atoms with Crippen molar-refractivity contribution >= 4 is 5.97 Å². The van der Waals surface area contributed by atoms with E-state index < -0.39 is 24.4 Å². The predicted molar refractivity (Wildman–Crippen MR) is 70.3 cm³/mol. The molecule has 0 spiro atoms. The molecule has 0 aromatic heterocycles. The van der Waals surface area contributed by atoms with E-state index in [0.717, 1.165) is 0 Å². The lowest BCUT2D eigenvalue weighted by molar-refractivity contribution is -0.186. The van der Waals surface area contributed by atoms with Gasteiger partial charge in [-0.3, -0.25) is 4.90 Å². The highest BCUT2D eigenvalue weighted by atomic mass is 19.3. The Morgan fingerprint density at radius 2 is 1.68 bits per heavy atom. The summed E-state index contributed by atoms with van der Waals surface area (Å²) in [5, 5.41) is 0. The zero-order chi connectivity index (χ0) is 15.1. The van der Waals surface area contributed by atoms with Gasteiger partial charge in [-0.2, -0.15) is 8.78 Å². The summed E-state index contributed by atoms with van der Waals surface area (Å²) < 4.78 is 31.6. The van der Waals surface area contributed by atoms with Gasteiger partial charge in [-0.15, -0.1) is 0 Å². The fourth-order valence-electron chi connectivity index (χ4n) is 2.74. The van der Waals surface area contributed by atoms with Gasteiger partial charge in [0, 0.05) is 30.3 Å². The Balaban J connectivity index is 2.79. The van der Waals surface area contributed by atoms with Crippen LogP contribution in [0, 0.1) is 0 Å². The molecule has 1 aliphatic heterocycles. The van der Waals surface area contributed by atoms with Crippen LogP contribution in [0.4, 0.5) is 8.78 Å². The number of likely N-dealkylation sites (tertiary alicyclic amines) is 1. The number of piperidine rings is 1. The number of esters is 1. The third kappa shape index (κ3) is 3.44. The average molecular weight is 277 g/mol. The number of hydrogen-bond acceptors (Lipinski definition) is 3. The van der Waals surface area contributed by atoms with Gasteiger partial charge < -0.3 is 4.74 Å². The monoisotopic (exact) mass is 277 g/mol. The summed E-state index contributed by atoms with van der Waals surface area (Å²) in [5.74, 6) is -4.77. The quantitative estimate of drug-likeness (QED) is 0.742. The maximum absolute atomic E-state index is 13.3. The highest BCUT2D eigenvalue weighted by molar-refractivity contribution is 5.77. The molecule has 5 heteroatoms. The maximum atomic E-state index is 13.3. The highest BCUT2D eigenvalue weighted by Gasteiger charge is 2.47. The van der Waals surface area contributed by atoms with E-state index in [1.165, 1.54) is 6.92 Å². The summed E-state index contributed by atoms with van der Waals surface area (Å²) in [6.45, 7) is 9.42. The smallest absolute Gasteiger partial charge is 0.377 e. The average Bonchev–Trinajstić information content (AvgIpc) is 2.24. The molecule has 0 radical (unpaired) electrons. The van der Waals surface area contributed by atoms with Crippen molar-refractivity contribution in [1.82, 2.24) is 4.90 Å². The second-order valence-electron chi connectivity index (χ2n) is 6.68. The zero-order valence-corrected chi connectivity index (χ0v) is 12.7. The van der Waals surface area contributed by atoms with Crippen molar-refractivity contribution in [2.45, 2.75) is 77.0 Å². The molecule has 112 valence electrons. The van der Waals surface area contributed by atoms with E-state index in [1.54, 1.807) is 0 Å². The Hall–Kier alpha value is -0.710. The minimum atomic E-state index is -3.38. The molecule has 1 heterocycles. The summed E-state index contributed by atoms with van der Waals surface area (Å²) >= 11 is 0. The van der Waals surface area contributed by atoms with Gasteiger partial charge >= 0.3 is 11.9 Å². The van der Waals surface area contributed by atoms with Crippen molar-refractivity contribution < 1.29 is 18.3 Å². The minimum absolute atomic E-state index is 0.186. The molecule has 0 aliphatic carbocycles. The van der Waals surface area contributed by atoms with Crippen LogP contribution < -0.4 is 0 Å². The minimum Gasteiger partial charge on any atom is -0.458 e. The molecule has 1 saturated heterocycles. The lowest BCUT2D eigenvalue weighted by atomic mass is 9.79. The van der Waals surface area contributed by atoms with Crippen LogP contribution in [0.2, 0.25) is 0 Å². The van der Waals surface area contributed by atoms with E-state index in [2.05, 4.69) is 4.90 Å². The third-order valence-corrected chi connectivity index (χ3v) is 4.29. The van der Waals surface area contributed by atoms with Gasteiger partial charge in [-0.05, 0) is 34.7 Å². The summed E-state index contributed by atoms with van der Waals surface area (Å²) in [5.41, 5.74) is -0.373. The standard InChI is InChI=1S/C14H25F2NO2/c1-7-14(15,16)11(18)19-10-8-12(2,3)17(6)13(4,5)9-10/h10H,7-9H2,1-6H3. The predicted octanol–water partition coefficient (Wildman–Crippen LogP) is 3.23. The van der Waals surface area contributed by atoms with Crippen LogP contribution in [0.25, 0.3) is 0 Å². The Labute approximate surface area is 114 Å². The van der Waals surface area contributed by atoms with Crippen LogP contribution in [0.5, 0.6) is 0 Å². The molecule has 1 fully saturated rings. The van der Waals surface area contributed by atoms with Gasteiger partial charge in [0.25, 0.3) is 0 Å². The highest BCUT2D eigenvalue weighted by Crippen LogP contribution is 2.38. The third-order valence-electron chi connectivity index (χ3n) is 4.29. The van der Waals surface area contributed by atoms with Crippen LogP contribution >= 0.6 is 0 Å². The SMILES string of the molecule is CCC(F)(F)C(=O)OC1CC(C)(C)N(C)C(C)(C)C1. The molecule has 3 nitrogen and oxygen atoms in total. The summed E-state index contributed by atoms with van der Waals surface area (Å²) in [6, 6.07) is 0. The molecular weight excluding hydrogens is 252 g/mol. The van der Waals surface area contributed by atoms with E-state index in [1.807, 2.05) is 34.7 Å². The van der Waals surface area contributed by atoms with Gasteiger partial charge in [0.15, 0.2) is 0 Å². The first kappa shape index (κ1) is 16.3. The molecule has 19 heavy (non-hydrogen) atoms. The second kappa shape index (κ2) is 5.00. The van der Waals surface area contributed by atoms with E-state index in [9.17, 15) is 13.6 Å². The van der Waals surface area contributed by atoms with Crippen LogP contribution in [-0.4, -0.2) is 41.0 Å². The van der Waals surface area contributed by atoms with Crippen molar-refractivity contribution in [1.29, 1.82) is 0 Å². The molecule has 0 aromatic rings. The molecular formula is C14H25F2NO2. The number of carbonyl (C=O) groups is 1. The van der Waals surface area contributed by atoms with Crippen molar-refractivity contribution in [3.8, 4) is 0 Å². The summed E-state index contributed by atoms with van der Waals surface area (Å²) in [4.78, 5) is 13.7. The van der Waals surface area contributed by atoms with Gasteiger partial charge in [0.2, 0.25) is 0 Å². The van der Waals surface area contributed by atoms with Crippen LogP contribution in [0.15, 0.2) is 0 Å². The number of rotatable bonds is 3. The lowest BCUT2D eigenvalue weighted by Crippen LogP contribution is -2.60. The Morgan fingerprint density at radius 3 is 2.05 bits per heavy atom. The van der Waals surface area contributed by atoms with Crippen molar-refractivity contribution in [2.24, 2.45) is 0 Å². The number of carbonyl (C=O) groups excluding carboxylic acids is 1. The van der Waals surface area contributed by atoms with E-state index >= 15 is 0 Å². The molecule has 1 rings (SSSR count). The first-order chi connectivity index (χ1) is 8.42. The number of halogens is 2. The first-order valence-corrected chi connectivity index (χ1v) is 6.75. The molecule has 1 aliphatic rings. The maximum Gasteiger partial charge on any atom is 0.377 e. The van der Waals surface area contributed by atoms with E-state index in [-0.39, 0.29) is 11.1 Å². The largest absolute Gasteiger partial charge is 0.458 e. The normalized spacial score (nSPS) is 24.2. The molecule has 0 N–H and O–H groups in total. The van der Waals surface area contributed by atoms with Crippen LogP contribution in [-0.2, 0) is 9.53 Å². The Kier molecular flexibility index (Phi) is 4.30. The summed E-state index contributed by atoms with van der Waals surface area (Å²) in [6.07, 6.45) is 0.161. The summed E-state index contributed by atoms with van der Waals surface area (Å²) in [7, 11) is 2.01. The van der Waals surface area contributed by atoms with Gasteiger partial charge in [0.05, 0.1) is 0 Å². The molecule has 0 aromatic carbocycles. The molecule has 0 unspecified atom stereocenters. The molecule has 0 atom stereocenters. The Morgan fingerprint density at radius 1 is 1.26 bits per heavy atom. The van der Waals surface area contributed by atoms with Gasteiger partial charge in [0.1, 0.15) is 6.10 Å². The van der Waals surface area contributed by atoms with E-state index in [0.29, 0.717) is 12.8 Å². The lowest BCUT2D eigenvalue weighted by Gasteiger charge is -2.53. The molecule has 0 bridgehead atoms. The van der Waals surface area contributed by atoms with Crippen molar-refractivity contribution in [3.05, 3.63) is 0 Å². The van der Waals surface area contributed by atoms with Crippen molar-refractivity contribution in [3.63, 3.8) is 0 Å². The molecule has 0 amide bonds. The number of hydrogen-bond donors (Lipinski definition) is 0. The fourth-order valence-corrected chi connectivity index (χ4v) is 2.74. The number of alkyl halides is 2. The Bertz CT molecular complexity index is 335. The first-order valence-electron chi connectivity index (χ1n) is 6.75. The molecule has 0 saturated carbocycles. The second-order valence-corrected chi connectivity index (χ2v) is 6.68. The number of ether oxygens (including phenoxy) is 1. The number of nitrogens with zero attached hydrogens (tertiary/aromatic N) is 1. The topological polar surface area (TPSA) is 29.5 Å². The van der Waals surface area contributed by atoms with E-state index in [4.69, 9.17) is 4.74 Å². The van der Waals surface area contributed by atoms with Crippen molar-refractivity contribution in [2.75, 3.05) is 7.05 Å². The van der Waals surface area contributed by atoms with Crippen LogP contribution in [0.3, 0.4) is 0 Å². The van der Waals surface area contributed by atoms with Gasteiger partial charge in [-0.1, -0.05) is 6.92 Å². The fraction of sp³-hybridized carbons (Fsp3) is 0.929. The van der Waals surface area contributed by atoms with Crippen LogP contribution in [0.1, 0.15) is 53.9 Å². The zero-order valence-electron chi connectivity index (χ0n) is 12.7.